The Kier molecular flexibility index (Phi) is 9.23. The van der Waals surface area contributed by atoms with Crippen LogP contribution in [-0.4, -0.2) is 41.0 Å². The van der Waals surface area contributed by atoms with Crippen LogP contribution >= 0.6 is 11.8 Å². The molecule has 0 aliphatic carbocycles. The molecule has 0 spiro atoms. The normalized spacial score (nSPS) is 13.4. The predicted molar refractivity (Wildman–Crippen MR) is 154 cm³/mol. The molecule has 0 aromatic heterocycles. The minimum absolute atomic E-state index is 0.192. The Morgan fingerprint density at radius 1 is 0.947 bits per heavy atom. The van der Waals surface area contributed by atoms with Crippen molar-refractivity contribution in [2.24, 2.45) is 0 Å². The lowest BCUT2D eigenvalue weighted by Crippen LogP contribution is -2.46. The summed E-state index contributed by atoms with van der Waals surface area (Å²) >= 11 is 1.51. The van der Waals surface area contributed by atoms with Crippen LogP contribution in [0.25, 0.3) is 10.8 Å². The van der Waals surface area contributed by atoms with Gasteiger partial charge < -0.3 is 20.3 Å². The SMILES string of the molecule is CC(OC[C@@H](O)CNC(C)(C)Cc1ccc2ccccc2c1)c1ccccc1Sc1cccc(C(=O)O)c1. The van der Waals surface area contributed by atoms with Crippen molar-refractivity contribution >= 4 is 28.5 Å². The number of hydrogen-bond acceptors (Lipinski definition) is 5. The molecule has 2 atom stereocenters. The minimum atomic E-state index is -0.944. The lowest BCUT2D eigenvalue weighted by atomic mass is 9.93. The number of aliphatic hydroxyl groups excluding tert-OH is 1. The molecule has 0 amide bonds. The van der Waals surface area contributed by atoms with E-state index in [1.807, 2.05) is 37.3 Å². The molecular formula is C32H35NO4S. The second-order valence-corrected chi connectivity index (χ2v) is 11.3. The number of aromatic carboxylic acids is 1. The van der Waals surface area contributed by atoms with E-state index in [1.165, 1.54) is 28.1 Å². The second-order valence-electron chi connectivity index (χ2n) is 10.2. The van der Waals surface area contributed by atoms with Crippen LogP contribution in [0.4, 0.5) is 0 Å². The molecule has 6 heteroatoms. The lowest BCUT2D eigenvalue weighted by Gasteiger charge is -2.28. The highest BCUT2D eigenvalue weighted by Gasteiger charge is 2.20. The molecule has 4 rings (SSSR count). The lowest BCUT2D eigenvalue weighted by molar-refractivity contribution is -0.00511. The first-order valence-electron chi connectivity index (χ1n) is 12.8. The van der Waals surface area contributed by atoms with Crippen LogP contribution < -0.4 is 5.32 Å². The first-order chi connectivity index (χ1) is 18.2. The van der Waals surface area contributed by atoms with E-state index in [2.05, 4.69) is 61.6 Å². The summed E-state index contributed by atoms with van der Waals surface area (Å²) in [5.41, 5.74) is 2.32. The van der Waals surface area contributed by atoms with Gasteiger partial charge in [0.2, 0.25) is 0 Å². The summed E-state index contributed by atoms with van der Waals surface area (Å²) in [6, 6.07) is 29.7. The van der Waals surface area contributed by atoms with Crippen molar-refractivity contribution < 1.29 is 19.7 Å². The van der Waals surface area contributed by atoms with Crippen LogP contribution in [0, 0.1) is 0 Å². The number of carboxylic acids is 1. The highest BCUT2D eigenvalue weighted by Crippen LogP contribution is 2.34. The van der Waals surface area contributed by atoms with Gasteiger partial charge in [-0.05, 0) is 73.4 Å². The molecule has 4 aromatic carbocycles. The number of ether oxygens (including phenoxy) is 1. The van der Waals surface area contributed by atoms with Gasteiger partial charge in [0.25, 0.3) is 0 Å². The molecule has 0 heterocycles. The zero-order chi connectivity index (χ0) is 27.1. The molecular weight excluding hydrogens is 494 g/mol. The van der Waals surface area contributed by atoms with Gasteiger partial charge in [0.05, 0.1) is 24.4 Å². The Hall–Kier alpha value is -3.16. The molecule has 0 fully saturated rings. The van der Waals surface area contributed by atoms with Crippen molar-refractivity contribution in [2.75, 3.05) is 13.2 Å². The average molecular weight is 530 g/mol. The monoisotopic (exact) mass is 529 g/mol. The Labute approximate surface area is 228 Å². The van der Waals surface area contributed by atoms with Crippen LogP contribution in [0.5, 0.6) is 0 Å². The minimum Gasteiger partial charge on any atom is -0.478 e. The fourth-order valence-electron chi connectivity index (χ4n) is 4.45. The summed E-state index contributed by atoms with van der Waals surface area (Å²) in [7, 11) is 0. The van der Waals surface area contributed by atoms with Crippen LogP contribution in [0.2, 0.25) is 0 Å². The molecule has 1 unspecified atom stereocenters. The fourth-order valence-corrected chi connectivity index (χ4v) is 5.53. The third kappa shape index (κ3) is 7.68. The van der Waals surface area contributed by atoms with Crippen molar-refractivity contribution in [1.29, 1.82) is 0 Å². The molecule has 0 saturated carbocycles. The summed E-state index contributed by atoms with van der Waals surface area (Å²) < 4.78 is 6.06. The Bertz CT molecular complexity index is 1390. The van der Waals surface area contributed by atoms with Crippen LogP contribution in [0.3, 0.4) is 0 Å². The van der Waals surface area contributed by atoms with Gasteiger partial charge in [0, 0.05) is 21.9 Å². The molecule has 0 aliphatic heterocycles. The third-order valence-corrected chi connectivity index (χ3v) is 7.56. The number of nitrogens with one attached hydrogen (secondary N) is 1. The van der Waals surface area contributed by atoms with Gasteiger partial charge in [-0.25, -0.2) is 4.79 Å². The van der Waals surface area contributed by atoms with Gasteiger partial charge in [-0.3, -0.25) is 0 Å². The molecule has 0 saturated heterocycles. The number of hydrogen-bond donors (Lipinski definition) is 3. The van der Waals surface area contributed by atoms with E-state index in [-0.39, 0.29) is 23.8 Å². The molecule has 5 nitrogen and oxygen atoms in total. The standard InChI is InChI=1S/C32H35NO4S/c1-22(29-13-6-7-14-30(29)38-28-12-8-11-26(18-28)31(35)36)37-21-27(34)20-33-32(2,3)19-23-15-16-24-9-4-5-10-25(24)17-23/h4-18,22,27,33-34H,19-21H2,1-3H3,(H,35,36)/t22?,27-/m0/s1. The maximum Gasteiger partial charge on any atom is 0.335 e. The van der Waals surface area contributed by atoms with E-state index < -0.39 is 12.1 Å². The number of β-amino-alcohol motifs (C(OH)–C–C–N with tert-alkyl or cyclic N) is 1. The van der Waals surface area contributed by atoms with E-state index in [4.69, 9.17) is 4.74 Å². The molecule has 3 N–H and O–H groups in total. The number of aliphatic hydroxyl groups is 1. The third-order valence-electron chi connectivity index (χ3n) is 6.48. The van der Waals surface area contributed by atoms with Gasteiger partial charge in [-0.15, -0.1) is 0 Å². The molecule has 0 aliphatic rings. The summed E-state index contributed by atoms with van der Waals surface area (Å²) in [6.45, 7) is 6.88. The number of carboxylic acid groups (broad SMARTS) is 1. The average Bonchev–Trinajstić information content (AvgIpc) is 2.91. The molecule has 0 radical (unpaired) electrons. The van der Waals surface area contributed by atoms with E-state index in [0.29, 0.717) is 6.54 Å². The summed E-state index contributed by atoms with van der Waals surface area (Å²) in [6.07, 6.45) is -0.0443. The van der Waals surface area contributed by atoms with Crippen LogP contribution in [0.15, 0.2) is 101 Å². The largest absolute Gasteiger partial charge is 0.478 e. The second kappa shape index (κ2) is 12.6. The van der Waals surface area contributed by atoms with E-state index >= 15 is 0 Å². The first kappa shape index (κ1) is 27.9. The Morgan fingerprint density at radius 2 is 1.68 bits per heavy atom. The number of carbonyl (C=O) groups is 1. The number of rotatable bonds is 12. The van der Waals surface area contributed by atoms with Crippen molar-refractivity contribution in [3.63, 3.8) is 0 Å². The predicted octanol–water partition coefficient (Wildman–Crippen LogP) is 6.74. The highest BCUT2D eigenvalue weighted by atomic mass is 32.2. The van der Waals surface area contributed by atoms with Gasteiger partial charge in [-0.2, -0.15) is 0 Å². The van der Waals surface area contributed by atoms with Crippen LogP contribution in [-0.2, 0) is 11.2 Å². The smallest absolute Gasteiger partial charge is 0.335 e. The number of benzene rings is 4. The van der Waals surface area contributed by atoms with Gasteiger partial charge in [-0.1, -0.05) is 78.5 Å². The van der Waals surface area contributed by atoms with Gasteiger partial charge in [0.15, 0.2) is 0 Å². The van der Waals surface area contributed by atoms with E-state index in [1.54, 1.807) is 18.2 Å². The fraction of sp³-hybridized carbons (Fsp3) is 0.281. The van der Waals surface area contributed by atoms with Gasteiger partial charge >= 0.3 is 5.97 Å². The Balaban J connectivity index is 1.30. The molecule has 38 heavy (non-hydrogen) atoms. The summed E-state index contributed by atoms with van der Waals surface area (Å²) in [4.78, 5) is 13.2. The zero-order valence-corrected chi connectivity index (χ0v) is 22.9. The van der Waals surface area contributed by atoms with Crippen molar-refractivity contribution in [2.45, 2.75) is 54.7 Å². The molecule has 198 valence electrons. The van der Waals surface area contributed by atoms with Crippen molar-refractivity contribution in [3.8, 4) is 0 Å². The molecule has 0 bridgehead atoms. The maximum absolute atomic E-state index is 11.3. The van der Waals surface area contributed by atoms with Crippen LogP contribution in [0.1, 0.15) is 48.4 Å². The topological polar surface area (TPSA) is 78.8 Å². The first-order valence-corrected chi connectivity index (χ1v) is 13.6. The maximum atomic E-state index is 11.3. The summed E-state index contributed by atoms with van der Waals surface area (Å²) in [5.74, 6) is -0.944. The quantitative estimate of drug-likeness (QED) is 0.189. The van der Waals surface area contributed by atoms with Gasteiger partial charge in [0.1, 0.15) is 0 Å². The van der Waals surface area contributed by atoms with E-state index in [9.17, 15) is 15.0 Å². The van der Waals surface area contributed by atoms with E-state index in [0.717, 1.165) is 21.8 Å². The number of fused-ring (bicyclic) bond motifs is 1. The Morgan fingerprint density at radius 3 is 2.47 bits per heavy atom. The molecule has 4 aromatic rings. The highest BCUT2D eigenvalue weighted by molar-refractivity contribution is 7.99. The van der Waals surface area contributed by atoms with Crippen molar-refractivity contribution in [1.82, 2.24) is 5.32 Å². The van der Waals surface area contributed by atoms with Crippen molar-refractivity contribution in [3.05, 3.63) is 108 Å². The zero-order valence-electron chi connectivity index (χ0n) is 22.1. The summed E-state index contributed by atoms with van der Waals surface area (Å²) in [5, 5.41) is 25.9.